The third-order valence-electron chi connectivity index (χ3n) is 5.13. The van der Waals surface area contributed by atoms with Crippen molar-refractivity contribution in [2.24, 2.45) is 5.41 Å². The smallest absolute Gasteiger partial charge is 0.475 e. The number of aromatic nitrogens is 1. The zero-order chi connectivity index (χ0) is 21.1. The topological polar surface area (TPSA) is 73.7 Å². The predicted octanol–water partition coefficient (Wildman–Crippen LogP) is 3.41. The van der Waals surface area contributed by atoms with Gasteiger partial charge in [-0.15, -0.1) is 11.3 Å². The van der Waals surface area contributed by atoms with E-state index in [-0.39, 0.29) is 11.3 Å². The van der Waals surface area contributed by atoms with Crippen molar-refractivity contribution < 1.29 is 27.9 Å². The lowest BCUT2D eigenvalue weighted by Crippen LogP contribution is -2.64. The van der Waals surface area contributed by atoms with Crippen LogP contribution in [0.1, 0.15) is 17.7 Å². The first-order valence-electron chi connectivity index (χ1n) is 8.98. The second-order valence-electron chi connectivity index (χ2n) is 7.04. The maximum Gasteiger partial charge on any atom is 0.490 e. The fourth-order valence-electron chi connectivity index (χ4n) is 3.49. The van der Waals surface area contributed by atoms with E-state index in [2.05, 4.69) is 27.4 Å². The summed E-state index contributed by atoms with van der Waals surface area (Å²) in [7, 11) is 0. The van der Waals surface area contributed by atoms with Crippen molar-refractivity contribution in [3.05, 3.63) is 46.9 Å². The van der Waals surface area contributed by atoms with E-state index in [1.54, 1.807) is 12.4 Å². The van der Waals surface area contributed by atoms with E-state index in [0.29, 0.717) is 0 Å². The average molecular weight is 427 g/mol. The second kappa shape index (κ2) is 8.50. The van der Waals surface area contributed by atoms with Gasteiger partial charge in [0, 0.05) is 24.2 Å². The van der Waals surface area contributed by atoms with Crippen LogP contribution in [-0.2, 0) is 16.1 Å². The number of aliphatic carboxylic acids is 1. The Morgan fingerprint density at radius 1 is 1.24 bits per heavy atom. The molecule has 2 aromatic rings. The number of pyridine rings is 1. The van der Waals surface area contributed by atoms with Crippen molar-refractivity contribution in [2.45, 2.75) is 25.6 Å². The standard InChI is InChI=1S/C17H19N3OS.C2HF3O2/c21-16-17(13-20(16)14-3-1-7-18-11-14)5-8-19(9-6-17)12-15-4-2-10-22-15;3-2(4,5)1(6)7/h1-4,7,10-11H,5-6,8-9,12-13H2;(H,6,7). The number of carbonyl (C=O) groups is 2. The molecule has 0 radical (unpaired) electrons. The van der Waals surface area contributed by atoms with Gasteiger partial charge in [0.15, 0.2) is 0 Å². The van der Waals surface area contributed by atoms with E-state index >= 15 is 0 Å². The summed E-state index contributed by atoms with van der Waals surface area (Å²) in [5.41, 5.74) is 0.820. The van der Waals surface area contributed by atoms with Crippen LogP contribution in [0.2, 0.25) is 0 Å². The summed E-state index contributed by atoms with van der Waals surface area (Å²) >= 11 is 1.81. The Hall–Kier alpha value is -2.46. The minimum Gasteiger partial charge on any atom is -0.475 e. The summed E-state index contributed by atoms with van der Waals surface area (Å²) in [6, 6.07) is 8.14. The molecule has 0 saturated carbocycles. The van der Waals surface area contributed by atoms with Crippen LogP contribution in [0.4, 0.5) is 18.9 Å². The number of β-lactam (4-membered cyclic amide) rings is 1. The van der Waals surface area contributed by atoms with Gasteiger partial charge >= 0.3 is 12.1 Å². The lowest BCUT2D eigenvalue weighted by molar-refractivity contribution is -0.192. The number of likely N-dealkylation sites (tertiary alicyclic amines) is 1. The number of thiophene rings is 1. The molecule has 0 aliphatic carbocycles. The van der Waals surface area contributed by atoms with Crippen LogP contribution < -0.4 is 4.90 Å². The second-order valence-corrected chi connectivity index (χ2v) is 8.07. The summed E-state index contributed by atoms with van der Waals surface area (Å²) in [5.74, 6) is -2.47. The summed E-state index contributed by atoms with van der Waals surface area (Å²) in [4.78, 5) is 31.4. The quantitative estimate of drug-likeness (QED) is 0.760. The molecule has 1 N–H and O–H groups in total. The first-order chi connectivity index (χ1) is 13.7. The van der Waals surface area contributed by atoms with Crippen LogP contribution in [0.25, 0.3) is 0 Å². The van der Waals surface area contributed by atoms with E-state index in [9.17, 15) is 18.0 Å². The van der Waals surface area contributed by atoms with E-state index < -0.39 is 12.1 Å². The first kappa shape index (κ1) is 21.3. The van der Waals surface area contributed by atoms with Gasteiger partial charge in [-0.3, -0.25) is 14.7 Å². The molecule has 2 aliphatic heterocycles. The molecular formula is C19H20F3N3O3S. The molecule has 10 heteroatoms. The van der Waals surface area contributed by atoms with Gasteiger partial charge in [-0.05, 0) is 49.5 Å². The molecule has 4 heterocycles. The number of carboxylic acid groups (broad SMARTS) is 1. The Labute approximate surface area is 169 Å². The van der Waals surface area contributed by atoms with Crippen molar-refractivity contribution in [1.82, 2.24) is 9.88 Å². The van der Waals surface area contributed by atoms with Gasteiger partial charge in [-0.2, -0.15) is 13.2 Å². The number of hydrogen-bond donors (Lipinski definition) is 1. The zero-order valence-corrected chi connectivity index (χ0v) is 16.2. The number of hydrogen-bond acceptors (Lipinski definition) is 5. The van der Waals surface area contributed by atoms with Crippen LogP contribution in [0.3, 0.4) is 0 Å². The molecule has 0 bridgehead atoms. The van der Waals surface area contributed by atoms with Crippen LogP contribution >= 0.6 is 11.3 Å². The van der Waals surface area contributed by atoms with Gasteiger partial charge < -0.3 is 10.0 Å². The monoisotopic (exact) mass is 427 g/mol. The molecular weight excluding hydrogens is 407 g/mol. The molecule has 6 nitrogen and oxygen atoms in total. The average Bonchev–Trinajstić information content (AvgIpc) is 3.20. The Morgan fingerprint density at radius 3 is 2.41 bits per heavy atom. The maximum atomic E-state index is 12.6. The van der Waals surface area contributed by atoms with Gasteiger partial charge in [0.2, 0.25) is 5.91 Å². The van der Waals surface area contributed by atoms with Crippen molar-refractivity contribution >= 4 is 28.9 Å². The SMILES string of the molecule is O=C(O)C(F)(F)F.O=C1N(c2cccnc2)CC12CCN(Cc1cccs1)CC2. The Balaban J connectivity index is 0.000000298. The van der Waals surface area contributed by atoms with Gasteiger partial charge in [0.25, 0.3) is 0 Å². The highest BCUT2D eigenvalue weighted by atomic mass is 32.1. The minimum atomic E-state index is -5.08. The first-order valence-corrected chi connectivity index (χ1v) is 9.86. The van der Waals surface area contributed by atoms with Crippen molar-refractivity contribution in [3.8, 4) is 0 Å². The van der Waals surface area contributed by atoms with Crippen molar-refractivity contribution in [2.75, 3.05) is 24.5 Å². The zero-order valence-electron chi connectivity index (χ0n) is 15.4. The molecule has 2 aliphatic rings. The van der Waals surface area contributed by atoms with Crippen LogP contribution in [0.15, 0.2) is 42.0 Å². The van der Waals surface area contributed by atoms with E-state index in [0.717, 1.165) is 44.7 Å². The van der Waals surface area contributed by atoms with E-state index in [1.165, 1.54) is 4.88 Å². The molecule has 0 aromatic carbocycles. The predicted molar refractivity (Wildman–Crippen MR) is 102 cm³/mol. The molecule has 2 aromatic heterocycles. The Kier molecular flexibility index (Phi) is 6.23. The number of alkyl halides is 3. The Bertz CT molecular complexity index is 835. The van der Waals surface area contributed by atoms with Crippen molar-refractivity contribution in [1.29, 1.82) is 0 Å². The highest BCUT2D eigenvalue weighted by molar-refractivity contribution is 7.09. The number of halogens is 3. The fourth-order valence-corrected chi connectivity index (χ4v) is 4.24. The summed E-state index contributed by atoms with van der Waals surface area (Å²) in [6.07, 6.45) is 0.394. The summed E-state index contributed by atoms with van der Waals surface area (Å²) in [5, 5.41) is 9.25. The van der Waals surface area contributed by atoms with Gasteiger partial charge in [0.05, 0.1) is 17.3 Å². The molecule has 0 unspecified atom stereocenters. The maximum absolute atomic E-state index is 12.6. The third-order valence-corrected chi connectivity index (χ3v) is 5.99. The molecule has 2 fully saturated rings. The van der Waals surface area contributed by atoms with Crippen molar-refractivity contribution in [3.63, 3.8) is 0 Å². The number of anilines is 1. The highest BCUT2D eigenvalue weighted by Gasteiger charge is 2.53. The molecule has 2 saturated heterocycles. The summed E-state index contributed by atoms with van der Waals surface area (Å²) in [6.45, 7) is 3.91. The number of piperidine rings is 1. The van der Waals surface area contributed by atoms with Crippen LogP contribution in [0, 0.1) is 5.41 Å². The largest absolute Gasteiger partial charge is 0.490 e. The number of carboxylic acids is 1. The van der Waals surface area contributed by atoms with Gasteiger partial charge in [-0.1, -0.05) is 6.07 Å². The normalized spacial score (nSPS) is 18.7. The van der Waals surface area contributed by atoms with Gasteiger partial charge in [0.1, 0.15) is 0 Å². The Morgan fingerprint density at radius 2 is 1.93 bits per heavy atom. The van der Waals surface area contributed by atoms with E-state index in [4.69, 9.17) is 9.90 Å². The van der Waals surface area contributed by atoms with Gasteiger partial charge in [-0.25, -0.2) is 4.79 Å². The molecule has 4 rings (SSSR count). The third kappa shape index (κ3) is 4.94. The number of carbonyl (C=O) groups excluding carboxylic acids is 1. The number of amides is 1. The number of rotatable bonds is 3. The molecule has 156 valence electrons. The molecule has 29 heavy (non-hydrogen) atoms. The lowest BCUT2D eigenvalue weighted by Gasteiger charge is -2.52. The minimum absolute atomic E-state index is 0.109. The van der Waals surface area contributed by atoms with Crippen LogP contribution in [-0.4, -0.2) is 52.7 Å². The highest BCUT2D eigenvalue weighted by Crippen LogP contribution is 2.43. The fraction of sp³-hybridized carbons (Fsp3) is 0.421. The lowest BCUT2D eigenvalue weighted by atomic mass is 9.71. The van der Waals surface area contributed by atoms with E-state index in [1.807, 2.05) is 28.4 Å². The summed E-state index contributed by atoms with van der Waals surface area (Å²) < 4.78 is 31.7. The number of nitrogens with zero attached hydrogens (tertiary/aromatic N) is 3. The molecule has 0 atom stereocenters. The molecule has 1 amide bonds. The molecule has 1 spiro atoms. The van der Waals surface area contributed by atoms with Crippen LogP contribution in [0.5, 0.6) is 0 Å².